The molecule has 2 N–H and O–H groups in total. The molecule has 10 aliphatic rings. The minimum absolute atomic E-state index is 0. The minimum atomic E-state index is -0.0311. The zero-order valence-electron chi connectivity index (χ0n) is 32.2. The van der Waals surface area contributed by atoms with Gasteiger partial charge in [0.2, 0.25) is 0 Å². The molecule has 3 aromatic carbocycles. The van der Waals surface area contributed by atoms with Crippen LogP contribution in [0.3, 0.4) is 0 Å². The maximum atomic E-state index is 3.89. The summed E-state index contributed by atoms with van der Waals surface area (Å²) >= 11 is 0. The van der Waals surface area contributed by atoms with Gasteiger partial charge in [-0.05, 0) is 198 Å². The Morgan fingerprint density at radius 3 is 1.51 bits per heavy atom. The quantitative estimate of drug-likeness (QED) is 0.135. The van der Waals surface area contributed by atoms with Crippen LogP contribution < -0.4 is 10.6 Å². The van der Waals surface area contributed by atoms with Crippen LogP contribution in [-0.2, 0) is 28.4 Å². The molecule has 10 fully saturated rings. The Balaban J connectivity index is 0.000000576. The van der Waals surface area contributed by atoms with Gasteiger partial charge in [-0.15, -0.1) is 14.8 Å². The van der Waals surface area contributed by atoms with E-state index in [4.69, 9.17) is 0 Å². The predicted molar refractivity (Wildman–Crippen MR) is 224 cm³/mol. The molecule has 2 aliphatic heterocycles. The Morgan fingerprint density at radius 1 is 0.642 bits per heavy atom. The molecule has 8 saturated carbocycles. The number of hydrogen-bond donors (Lipinski definition) is 2. The molecule has 3 aromatic rings. The molecule has 2 nitrogen and oxygen atoms in total. The molecule has 5 heteroatoms. The predicted octanol–water partition coefficient (Wildman–Crippen LogP) is 11.2. The zero-order valence-corrected chi connectivity index (χ0v) is 35.3. The Morgan fingerprint density at radius 2 is 1.09 bits per heavy atom. The van der Waals surface area contributed by atoms with Gasteiger partial charge >= 0.3 is 0 Å². The van der Waals surface area contributed by atoms with Crippen molar-refractivity contribution in [3.8, 4) is 11.1 Å². The molecule has 0 spiro atoms. The molecule has 2 heterocycles. The average Bonchev–Trinajstić information content (AvgIpc) is 3.90. The molecule has 53 heavy (non-hydrogen) atoms. The van der Waals surface area contributed by atoms with Crippen LogP contribution in [0.2, 0.25) is 0 Å². The van der Waals surface area contributed by atoms with Gasteiger partial charge in [0.1, 0.15) is 0 Å². The van der Waals surface area contributed by atoms with Crippen LogP contribution in [0.25, 0.3) is 11.1 Å². The van der Waals surface area contributed by atoms with Crippen molar-refractivity contribution in [2.75, 3.05) is 26.2 Å². The summed E-state index contributed by atoms with van der Waals surface area (Å²) < 4.78 is 0. The van der Waals surface area contributed by atoms with Gasteiger partial charge in [0.05, 0.1) is 0 Å². The van der Waals surface area contributed by atoms with Gasteiger partial charge in [0.25, 0.3) is 0 Å². The van der Waals surface area contributed by atoms with Crippen LogP contribution in [-0.4, -0.2) is 37.5 Å². The SMILES string of the molecule is PC([c-]1cc(-c2ccccc2)cc1CP(C1C2CC3CC(C2)CC1C3)C1C2CC3CC(C2)CC1C3)(C1CCCNC1)C1CCCNC1.[Fe].[cH-]1[cH-][cH-][cH-][cH-]1. The topological polar surface area (TPSA) is 24.1 Å². The fourth-order valence-electron chi connectivity index (χ4n) is 15.0. The van der Waals surface area contributed by atoms with Gasteiger partial charge in [0, 0.05) is 17.1 Å². The number of nitrogens with one attached hydrogen (secondary N) is 2. The van der Waals surface area contributed by atoms with Crippen molar-refractivity contribution >= 4 is 17.2 Å². The molecule has 8 bridgehead atoms. The maximum absolute atomic E-state index is 3.89. The van der Waals surface area contributed by atoms with Crippen molar-refractivity contribution in [3.63, 3.8) is 0 Å². The van der Waals surface area contributed by atoms with Crippen molar-refractivity contribution in [1.29, 1.82) is 0 Å². The van der Waals surface area contributed by atoms with Crippen LogP contribution in [0.4, 0.5) is 0 Å². The smallest absolute Gasteiger partial charge is 0 e. The van der Waals surface area contributed by atoms with E-state index >= 15 is 0 Å². The van der Waals surface area contributed by atoms with Gasteiger partial charge in [-0.2, -0.15) is 17.2 Å². The molecular formula is C48H66FeN2P2-6. The van der Waals surface area contributed by atoms with E-state index in [1.807, 2.05) is 35.9 Å². The second-order valence-electron chi connectivity index (χ2n) is 19.5. The summed E-state index contributed by atoms with van der Waals surface area (Å²) in [7, 11) is 3.63. The average molecular weight is 789 g/mol. The first kappa shape index (κ1) is 37.8. The number of hydrogen-bond acceptors (Lipinski definition) is 2. The van der Waals surface area contributed by atoms with Crippen molar-refractivity contribution in [2.24, 2.45) is 59.2 Å². The first-order valence-corrected chi connectivity index (χ1v) is 24.3. The summed E-state index contributed by atoms with van der Waals surface area (Å²) in [4.78, 5) is 0. The molecular weight excluding hydrogens is 722 g/mol. The van der Waals surface area contributed by atoms with Crippen LogP contribution >= 0.6 is 17.2 Å². The molecule has 2 saturated heterocycles. The Hall–Kier alpha value is -0.781. The van der Waals surface area contributed by atoms with E-state index in [-0.39, 0.29) is 30.1 Å². The normalized spacial score (nSPS) is 39.8. The summed E-state index contributed by atoms with van der Waals surface area (Å²) in [5.74, 6) is 9.98. The van der Waals surface area contributed by atoms with Gasteiger partial charge in [-0.1, -0.05) is 43.8 Å². The molecule has 13 rings (SSSR count). The van der Waals surface area contributed by atoms with E-state index in [1.165, 1.54) is 69.2 Å². The van der Waals surface area contributed by atoms with E-state index in [2.05, 4.69) is 62.3 Å². The number of rotatable bonds is 8. The first-order chi connectivity index (χ1) is 25.6. The second-order valence-corrected chi connectivity index (χ2v) is 23.0. The molecule has 0 radical (unpaired) electrons. The molecule has 0 amide bonds. The fraction of sp³-hybridized carbons (Fsp3) is 0.667. The molecule has 8 aliphatic carbocycles. The van der Waals surface area contributed by atoms with Crippen LogP contribution in [0.15, 0.2) is 72.8 Å². The van der Waals surface area contributed by atoms with Gasteiger partial charge in [0.15, 0.2) is 0 Å². The first-order valence-electron chi connectivity index (χ1n) is 22.1. The molecule has 3 unspecified atom stereocenters. The van der Waals surface area contributed by atoms with E-state index in [0.29, 0.717) is 11.8 Å². The summed E-state index contributed by atoms with van der Waals surface area (Å²) in [6, 6.07) is 27.0. The zero-order chi connectivity index (χ0) is 34.6. The Bertz CT molecular complexity index is 1470. The fourth-order valence-corrected chi connectivity index (χ4v) is 20.4. The number of piperidine rings is 2. The van der Waals surface area contributed by atoms with Crippen LogP contribution in [0, 0.1) is 59.2 Å². The summed E-state index contributed by atoms with van der Waals surface area (Å²) in [5, 5.41) is 7.93. The molecule has 3 atom stereocenters. The third-order valence-electron chi connectivity index (χ3n) is 16.5. The number of benzene rings is 1. The van der Waals surface area contributed by atoms with Crippen molar-refractivity contribution in [1.82, 2.24) is 10.6 Å². The van der Waals surface area contributed by atoms with E-state index < -0.39 is 0 Å². The largest absolute Gasteiger partial charge is 0.748 e. The summed E-state index contributed by atoms with van der Waals surface area (Å²) in [5.41, 5.74) is 8.65. The van der Waals surface area contributed by atoms with Crippen LogP contribution in [0.1, 0.15) is 101 Å². The van der Waals surface area contributed by atoms with E-state index in [9.17, 15) is 0 Å². The third kappa shape index (κ3) is 7.32. The second kappa shape index (κ2) is 16.2. The van der Waals surface area contributed by atoms with E-state index in [1.54, 1.807) is 69.8 Å². The summed E-state index contributed by atoms with van der Waals surface area (Å²) in [6.45, 7) is 4.78. The Labute approximate surface area is 336 Å². The maximum Gasteiger partial charge on any atom is 0 e. The van der Waals surface area contributed by atoms with Gasteiger partial charge in [-0.3, -0.25) is 0 Å². The van der Waals surface area contributed by atoms with Gasteiger partial charge < -0.3 is 41.0 Å². The van der Waals surface area contributed by atoms with Crippen molar-refractivity contribution in [3.05, 3.63) is 83.9 Å². The van der Waals surface area contributed by atoms with Crippen molar-refractivity contribution < 1.29 is 17.1 Å². The van der Waals surface area contributed by atoms with E-state index in [0.717, 1.165) is 58.7 Å². The summed E-state index contributed by atoms with van der Waals surface area (Å²) in [6.07, 6.45) is 22.8. The minimum Gasteiger partial charge on any atom is -0.748 e. The Kier molecular flexibility index (Phi) is 11.6. The third-order valence-corrected chi connectivity index (χ3v) is 21.7. The van der Waals surface area contributed by atoms with Crippen molar-refractivity contribution in [2.45, 2.75) is 113 Å². The van der Waals surface area contributed by atoms with Gasteiger partial charge in [-0.25, -0.2) is 6.07 Å². The molecule has 0 aromatic heterocycles. The standard InChI is InChI=1S/C43H61N2P2.C5H5.Fe/c46-43(38-8-4-10-44-24-38,39-9-5-11-45-25-39)40-23-32(31-6-2-1-3-7-31)22-37(40)26-47(41-33-14-27-12-28(16-33)17-34(41)15-27)42-35-18-29-13-30(20-35)21-36(42)19-29;1-2-4-5-3-1;/h1-3,6-7,22-23,27-30,33-36,38-39,41-42,44-45H,4-5,8-21,24-26,46H2;1-5H;/q-1;-5;. The monoisotopic (exact) mass is 788 g/mol. The van der Waals surface area contributed by atoms with Crippen LogP contribution in [0.5, 0.6) is 0 Å². The molecule has 292 valence electrons.